The number of nitrogens with one attached hydrogen (secondary N) is 2. The average Bonchev–Trinajstić information content (AvgIpc) is 3.15. The molecule has 0 saturated carbocycles. The van der Waals surface area contributed by atoms with Crippen LogP contribution in [0.5, 0.6) is 0 Å². The number of H-pyrrole nitrogens is 1. The molecule has 26 heavy (non-hydrogen) atoms. The number of hydrogen-bond acceptors (Lipinski definition) is 2. The molecule has 0 aliphatic carbocycles. The maximum absolute atomic E-state index is 12.3. The number of aromatic nitrogens is 1. The van der Waals surface area contributed by atoms with E-state index in [1.807, 2.05) is 24.4 Å². The third-order valence-electron chi connectivity index (χ3n) is 4.99. The predicted molar refractivity (Wildman–Crippen MR) is 104 cm³/mol. The fourth-order valence-corrected chi connectivity index (χ4v) is 3.58. The van der Waals surface area contributed by atoms with Crippen molar-refractivity contribution in [2.45, 2.75) is 33.1 Å². The Morgan fingerprint density at radius 1 is 1.42 bits per heavy atom. The molecule has 1 aromatic heterocycles. The first-order chi connectivity index (χ1) is 12.4. The highest BCUT2D eigenvalue weighted by Gasteiger charge is 2.33. The van der Waals surface area contributed by atoms with Crippen LogP contribution in [0, 0.1) is 11.8 Å². The molecule has 0 spiro atoms. The number of amides is 2. The van der Waals surface area contributed by atoms with Crippen molar-refractivity contribution >= 4 is 34.3 Å². The summed E-state index contributed by atoms with van der Waals surface area (Å²) in [5.74, 6) is 0.390. The zero-order valence-corrected chi connectivity index (χ0v) is 16.1. The molecule has 140 valence electrons. The van der Waals surface area contributed by atoms with Crippen LogP contribution in [-0.2, 0) is 16.0 Å². The van der Waals surface area contributed by atoms with E-state index < -0.39 is 0 Å². The van der Waals surface area contributed by atoms with Crippen LogP contribution in [0.25, 0.3) is 10.9 Å². The van der Waals surface area contributed by atoms with Crippen molar-refractivity contribution in [2.24, 2.45) is 11.8 Å². The molecule has 1 aliphatic heterocycles. The molecule has 0 unspecified atom stereocenters. The van der Waals surface area contributed by atoms with E-state index in [4.69, 9.17) is 11.6 Å². The number of aromatic amines is 1. The van der Waals surface area contributed by atoms with Gasteiger partial charge in [-0.3, -0.25) is 9.59 Å². The molecule has 0 bridgehead atoms. The Labute approximate surface area is 159 Å². The number of nitrogens with zero attached hydrogens (tertiary/aromatic N) is 1. The Kier molecular flexibility index (Phi) is 5.87. The number of likely N-dealkylation sites (tertiary alicyclic amines) is 1. The molecule has 1 aliphatic rings. The minimum Gasteiger partial charge on any atom is -0.361 e. The maximum atomic E-state index is 12.3. The van der Waals surface area contributed by atoms with Gasteiger partial charge in [0.2, 0.25) is 11.8 Å². The first kappa shape index (κ1) is 18.8. The topological polar surface area (TPSA) is 65.2 Å². The fraction of sp³-hybridized carbons (Fsp3) is 0.500. The Balaban J connectivity index is 1.54. The molecule has 1 saturated heterocycles. The van der Waals surface area contributed by atoms with Crippen molar-refractivity contribution in [2.75, 3.05) is 19.6 Å². The van der Waals surface area contributed by atoms with Gasteiger partial charge in [0.15, 0.2) is 0 Å². The SMILES string of the molecule is CC(C)CCNC(=O)[C@H]1CC(=O)N(CCc2c[nH]c3ccc(Cl)cc23)C1. The maximum Gasteiger partial charge on any atom is 0.225 e. The van der Waals surface area contributed by atoms with Crippen molar-refractivity contribution in [1.29, 1.82) is 0 Å². The van der Waals surface area contributed by atoms with Gasteiger partial charge in [0.1, 0.15) is 0 Å². The number of carbonyl (C=O) groups is 2. The van der Waals surface area contributed by atoms with Crippen LogP contribution in [0.1, 0.15) is 32.3 Å². The van der Waals surface area contributed by atoms with Gasteiger partial charge in [-0.1, -0.05) is 25.4 Å². The Morgan fingerprint density at radius 3 is 3.00 bits per heavy atom. The summed E-state index contributed by atoms with van der Waals surface area (Å²) in [6, 6.07) is 5.76. The van der Waals surface area contributed by atoms with Crippen molar-refractivity contribution in [3.05, 3.63) is 35.0 Å². The molecule has 5 nitrogen and oxygen atoms in total. The minimum atomic E-state index is -0.230. The predicted octanol–water partition coefficient (Wildman–Crippen LogP) is 3.37. The zero-order chi connectivity index (χ0) is 18.7. The molecule has 1 fully saturated rings. The third-order valence-corrected chi connectivity index (χ3v) is 5.22. The van der Waals surface area contributed by atoms with Crippen LogP contribution < -0.4 is 5.32 Å². The van der Waals surface area contributed by atoms with Gasteiger partial charge in [0.05, 0.1) is 5.92 Å². The second-order valence-electron chi connectivity index (χ2n) is 7.47. The van der Waals surface area contributed by atoms with E-state index in [9.17, 15) is 9.59 Å². The second kappa shape index (κ2) is 8.12. The van der Waals surface area contributed by atoms with E-state index in [0.29, 0.717) is 37.0 Å². The van der Waals surface area contributed by atoms with Crippen molar-refractivity contribution in [1.82, 2.24) is 15.2 Å². The zero-order valence-electron chi connectivity index (χ0n) is 15.3. The molecule has 6 heteroatoms. The van der Waals surface area contributed by atoms with Crippen LogP contribution in [0.15, 0.2) is 24.4 Å². The number of carbonyl (C=O) groups excluding carboxylic acids is 2. The van der Waals surface area contributed by atoms with Gasteiger partial charge in [0, 0.05) is 48.2 Å². The van der Waals surface area contributed by atoms with Gasteiger partial charge in [-0.05, 0) is 42.5 Å². The summed E-state index contributed by atoms with van der Waals surface area (Å²) in [6.45, 7) is 6.07. The van der Waals surface area contributed by atoms with Gasteiger partial charge < -0.3 is 15.2 Å². The van der Waals surface area contributed by atoms with Crippen molar-refractivity contribution in [3.63, 3.8) is 0 Å². The summed E-state index contributed by atoms with van der Waals surface area (Å²) in [5, 5.41) is 4.75. The van der Waals surface area contributed by atoms with E-state index in [1.54, 1.807) is 4.90 Å². The van der Waals surface area contributed by atoms with Crippen molar-refractivity contribution in [3.8, 4) is 0 Å². The normalized spacial score (nSPS) is 17.5. The lowest BCUT2D eigenvalue weighted by atomic mass is 10.1. The first-order valence-corrected chi connectivity index (χ1v) is 9.63. The van der Waals surface area contributed by atoms with E-state index >= 15 is 0 Å². The van der Waals surface area contributed by atoms with Gasteiger partial charge in [-0.15, -0.1) is 0 Å². The summed E-state index contributed by atoms with van der Waals surface area (Å²) < 4.78 is 0. The highest BCUT2D eigenvalue weighted by molar-refractivity contribution is 6.31. The lowest BCUT2D eigenvalue weighted by Crippen LogP contribution is -2.34. The lowest BCUT2D eigenvalue weighted by molar-refractivity contribution is -0.129. The van der Waals surface area contributed by atoms with Gasteiger partial charge >= 0.3 is 0 Å². The molecular formula is C20H26ClN3O2. The number of hydrogen-bond donors (Lipinski definition) is 2. The number of fused-ring (bicyclic) bond motifs is 1. The molecule has 3 rings (SSSR count). The largest absolute Gasteiger partial charge is 0.361 e. The van der Waals surface area contributed by atoms with E-state index in [1.165, 1.54) is 0 Å². The Morgan fingerprint density at radius 2 is 2.23 bits per heavy atom. The molecular weight excluding hydrogens is 350 g/mol. The molecule has 1 atom stereocenters. The number of rotatable bonds is 7. The molecule has 2 heterocycles. The van der Waals surface area contributed by atoms with Crippen LogP contribution in [0.4, 0.5) is 0 Å². The Bertz CT molecular complexity index is 799. The van der Waals surface area contributed by atoms with E-state index in [2.05, 4.69) is 24.1 Å². The fourth-order valence-electron chi connectivity index (χ4n) is 3.41. The minimum absolute atomic E-state index is 0.000348. The van der Waals surface area contributed by atoms with Gasteiger partial charge in [-0.2, -0.15) is 0 Å². The molecule has 2 N–H and O–H groups in total. The number of benzene rings is 1. The highest BCUT2D eigenvalue weighted by Crippen LogP contribution is 2.24. The highest BCUT2D eigenvalue weighted by atomic mass is 35.5. The monoisotopic (exact) mass is 375 g/mol. The molecule has 0 radical (unpaired) electrons. The molecule has 2 aromatic rings. The molecule has 2 amide bonds. The van der Waals surface area contributed by atoms with Gasteiger partial charge in [0.25, 0.3) is 0 Å². The summed E-state index contributed by atoms with van der Waals surface area (Å²) >= 11 is 6.09. The van der Waals surface area contributed by atoms with E-state index in [-0.39, 0.29) is 17.7 Å². The first-order valence-electron chi connectivity index (χ1n) is 9.25. The lowest BCUT2D eigenvalue weighted by Gasteiger charge is -2.16. The van der Waals surface area contributed by atoms with E-state index in [0.717, 1.165) is 29.3 Å². The summed E-state index contributed by atoms with van der Waals surface area (Å²) in [5.41, 5.74) is 2.18. The van der Waals surface area contributed by atoms with Crippen molar-refractivity contribution < 1.29 is 9.59 Å². The standard InChI is InChI=1S/C20H26ClN3O2/c1-13(2)5-7-22-20(26)15-9-19(25)24(12-15)8-6-14-11-23-18-4-3-16(21)10-17(14)18/h3-4,10-11,13,15,23H,5-9,12H2,1-2H3,(H,22,26)/t15-/m0/s1. The Hall–Kier alpha value is -2.01. The molecule has 1 aromatic carbocycles. The summed E-state index contributed by atoms with van der Waals surface area (Å²) in [4.78, 5) is 29.6. The van der Waals surface area contributed by atoms with Crippen LogP contribution in [0.2, 0.25) is 5.02 Å². The summed E-state index contributed by atoms with van der Waals surface area (Å²) in [7, 11) is 0. The smallest absolute Gasteiger partial charge is 0.225 e. The third kappa shape index (κ3) is 4.39. The quantitative estimate of drug-likeness (QED) is 0.779. The second-order valence-corrected chi connectivity index (χ2v) is 7.90. The van der Waals surface area contributed by atoms with Gasteiger partial charge in [-0.25, -0.2) is 0 Å². The summed E-state index contributed by atoms with van der Waals surface area (Å²) in [6.07, 6.45) is 3.98. The van der Waals surface area contributed by atoms with Crippen LogP contribution in [-0.4, -0.2) is 41.3 Å². The average molecular weight is 376 g/mol. The number of halogens is 1. The van der Waals surface area contributed by atoms with Crippen LogP contribution in [0.3, 0.4) is 0 Å². The van der Waals surface area contributed by atoms with Crippen LogP contribution >= 0.6 is 11.6 Å².